The van der Waals surface area contributed by atoms with Gasteiger partial charge in [0.05, 0.1) is 11.0 Å². The van der Waals surface area contributed by atoms with E-state index >= 15 is 0 Å². The van der Waals surface area contributed by atoms with E-state index in [2.05, 4.69) is 4.74 Å². The molecule has 1 aliphatic rings. The Morgan fingerprint density at radius 1 is 1.35 bits per heavy atom. The van der Waals surface area contributed by atoms with Crippen molar-refractivity contribution in [2.45, 2.75) is 23.8 Å². The second-order valence-corrected chi connectivity index (χ2v) is 6.27. The Hall–Kier alpha value is -1.32. The first-order valence-electron chi connectivity index (χ1n) is 5.72. The van der Waals surface area contributed by atoms with Gasteiger partial charge in [-0.15, -0.1) is 13.2 Å². The van der Waals surface area contributed by atoms with Gasteiger partial charge in [0.2, 0.25) is 10.0 Å². The molecule has 1 aromatic rings. The first kappa shape index (κ1) is 15.1. The van der Waals surface area contributed by atoms with E-state index in [9.17, 15) is 26.7 Å². The quantitative estimate of drug-likeness (QED) is 0.915. The van der Waals surface area contributed by atoms with Gasteiger partial charge in [0.25, 0.3) is 0 Å². The highest BCUT2D eigenvalue weighted by Crippen LogP contribution is 2.27. The summed E-state index contributed by atoms with van der Waals surface area (Å²) < 4.78 is 65.4. The van der Waals surface area contributed by atoms with E-state index in [1.165, 1.54) is 12.1 Å². The molecule has 0 amide bonds. The number of aliphatic hydroxyl groups is 1. The minimum absolute atomic E-state index is 0.0628. The average Bonchev–Trinajstić information content (AvgIpc) is 2.74. The maximum absolute atomic E-state index is 12.2. The van der Waals surface area contributed by atoms with Gasteiger partial charge in [0.15, 0.2) is 0 Å². The summed E-state index contributed by atoms with van der Waals surface area (Å²) in [4.78, 5) is -0.298. The fourth-order valence-electron chi connectivity index (χ4n) is 1.91. The summed E-state index contributed by atoms with van der Waals surface area (Å²) in [7, 11) is -3.92. The van der Waals surface area contributed by atoms with Gasteiger partial charge in [-0.3, -0.25) is 0 Å². The molecule has 1 aromatic carbocycles. The maximum Gasteiger partial charge on any atom is 0.573 e. The molecule has 1 N–H and O–H groups in total. The van der Waals surface area contributed by atoms with Crippen LogP contribution in [0.25, 0.3) is 0 Å². The van der Waals surface area contributed by atoms with Crippen LogP contribution in [0.2, 0.25) is 0 Å². The fourth-order valence-corrected chi connectivity index (χ4v) is 3.44. The van der Waals surface area contributed by atoms with Gasteiger partial charge in [-0.1, -0.05) is 6.07 Å². The van der Waals surface area contributed by atoms with Crippen molar-refractivity contribution in [2.75, 3.05) is 13.1 Å². The Morgan fingerprint density at radius 3 is 2.60 bits per heavy atom. The van der Waals surface area contributed by atoms with Gasteiger partial charge in [-0.2, -0.15) is 4.31 Å². The largest absolute Gasteiger partial charge is 0.573 e. The molecular weight excluding hydrogens is 299 g/mol. The summed E-state index contributed by atoms with van der Waals surface area (Å²) in [6, 6.07) is 4.18. The Morgan fingerprint density at radius 2 is 2.05 bits per heavy atom. The van der Waals surface area contributed by atoms with Gasteiger partial charge in [-0.05, 0) is 18.6 Å². The molecule has 0 aromatic heterocycles. The third-order valence-electron chi connectivity index (χ3n) is 2.80. The Bertz CT molecular complexity index is 588. The van der Waals surface area contributed by atoms with Crippen LogP contribution in [0, 0.1) is 0 Å². The van der Waals surface area contributed by atoms with Crippen molar-refractivity contribution in [1.82, 2.24) is 4.31 Å². The maximum atomic E-state index is 12.2. The number of benzene rings is 1. The molecule has 0 unspecified atom stereocenters. The zero-order valence-corrected chi connectivity index (χ0v) is 11.0. The van der Waals surface area contributed by atoms with Gasteiger partial charge in [0, 0.05) is 19.2 Å². The molecular formula is C11H12F3NO4S. The van der Waals surface area contributed by atoms with Crippen LogP contribution in [0.3, 0.4) is 0 Å². The molecule has 20 heavy (non-hydrogen) atoms. The number of β-amino-alcohol motifs (C(OH)–C–C–N with tert-alkyl or cyclic N) is 1. The third-order valence-corrected chi connectivity index (χ3v) is 4.66. The van der Waals surface area contributed by atoms with Crippen molar-refractivity contribution in [1.29, 1.82) is 0 Å². The normalized spacial score (nSPS) is 21.1. The van der Waals surface area contributed by atoms with Gasteiger partial charge < -0.3 is 9.84 Å². The monoisotopic (exact) mass is 311 g/mol. The molecule has 112 valence electrons. The highest BCUT2D eigenvalue weighted by molar-refractivity contribution is 7.89. The number of alkyl halides is 3. The molecule has 1 aliphatic heterocycles. The van der Waals surface area contributed by atoms with Crippen LogP contribution in [-0.4, -0.2) is 43.4 Å². The molecule has 9 heteroatoms. The number of hydrogen-bond acceptors (Lipinski definition) is 4. The molecule has 1 atom stereocenters. The number of ether oxygens (including phenoxy) is 1. The minimum atomic E-state index is -4.88. The lowest BCUT2D eigenvalue weighted by molar-refractivity contribution is -0.274. The van der Waals surface area contributed by atoms with E-state index in [4.69, 9.17) is 0 Å². The zero-order valence-electron chi connectivity index (χ0n) is 10.2. The van der Waals surface area contributed by atoms with E-state index in [0.29, 0.717) is 6.42 Å². The SMILES string of the molecule is O=S(=O)(c1cccc(OC(F)(F)F)c1)N1CC[C@@H](O)C1. The van der Waals surface area contributed by atoms with Crippen molar-refractivity contribution in [3.63, 3.8) is 0 Å². The number of halogens is 3. The van der Waals surface area contributed by atoms with Crippen molar-refractivity contribution >= 4 is 10.0 Å². The average molecular weight is 311 g/mol. The Labute approximate surface area is 113 Å². The van der Waals surface area contributed by atoms with Crippen molar-refractivity contribution in [3.05, 3.63) is 24.3 Å². The topological polar surface area (TPSA) is 66.8 Å². The van der Waals surface area contributed by atoms with Crippen molar-refractivity contribution in [2.24, 2.45) is 0 Å². The summed E-state index contributed by atoms with van der Waals surface area (Å²) in [6.07, 6.45) is -5.33. The van der Waals surface area contributed by atoms with Crippen LogP contribution >= 0.6 is 0 Å². The molecule has 1 heterocycles. The van der Waals surface area contributed by atoms with E-state index in [-0.39, 0.29) is 18.0 Å². The lowest BCUT2D eigenvalue weighted by Gasteiger charge is -2.16. The predicted molar refractivity (Wildman–Crippen MR) is 62.5 cm³/mol. The predicted octanol–water partition coefficient (Wildman–Crippen LogP) is 1.34. The summed E-state index contributed by atoms with van der Waals surface area (Å²) in [5.41, 5.74) is 0. The Balaban J connectivity index is 2.26. The van der Waals surface area contributed by atoms with Crippen LogP contribution in [0.15, 0.2) is 29.2 Å². The first-order chi connectivity index (χ1) is 9.18. The van der Waals surface area contributed by atoms with Crippen LogP contribution in [0.5, 0.6) is 5.75 Å². The number of sulfonamides is 1. The summed E-state index contributed by atoms with van der Waals surface area (Å²) >= 11 is 0. The van der Waals surface area contributed by atoms with Crippen LogP contribution in [-0.2, 0) is 10.0 Å². The molecule has 0 bridgehead atoms. The van der Waals surface area contributed by atoms with E-state index < -0.39 is 28.2 Å². The fraction of sp³-hybridized carbons (Fsp3) is 0.455. The van der Waals surface area contributed by atoms with Crippen LogP contribution < -0.4 is 4.74 Å². The molecule has 0 radical (unpaired) electrons. The van der Waals surface area contributed by atoms with Gasteiger partial charge in [0.1, 0.15) is 5.75 Å². The number of hydrogen-bond donors (Lipinski definition) is 1. The van der Waals surface area contributed by atoms with Gasteiger partial charge >= 0.3 is 6.36 Å². The van der Waals surface area contributed by atoms with E-state index in [1.54, 1.807) is 0 Å². The standard InChI is InChI=1S/C11H12F3NO4S/c12-11(13,14)19-9-2-1-3-10(6-9)20(17,18)15-5-4-8(16)7-15/h1-3,6,8,16H,4-5,7H2/t8-/m1/s1. The van der Waals surface area contributed by atoms with E-state index in [1.807, 2.05) is 0 Å². The molecule has 0 saturated carbocycles. The summed E-state index contributed by atoms with van der Waals surface area (Å²) in [5.74, 6) is -0.599. The number of nitrogens with zero attached hydrogens (tertiary/aromatic N) is 1. The first-order valence-corrected chi connectivity index (χ1v) is 7.16. The van der Waals surface area contributed by atoms with Crippen molar-refractivity contribution < 1.29 is 31.4 Å². The number of rotatable bonds is 3. The molecule has 1 saturated heterocycles. The zero-order chi connectivity index (χ0) is 15.0. The highest BCUT2D eigenvalue weighted by atomic mass is 32.2. The summed E-state index contributed by atoms with van der Waals surface area (Å²) in [6.45, 7) is 0.0700. The molecule has 5 nitrogen and oxygen atoms in total. The molecule has 1 fully saturated rings. The van der Waals surface area contributed by atoms with E-state index in [0.717, 1.165) is 16.4 Å². The summed E-state index contributed by atoms with van der Waals surface area (Å²) in [5, 5.41) is 9.34. The smallest absolute Gasteiger partial charge is 0.406 e. The lowest BCUT2D eigenvalue weighted by atomic mass is 10.3. The molecule has 2 rings (SSSR count). The molecule has 0 aliphatic carbocycles. The van der Waals surface area contributed by atoms with Crippen LogP contribution in [0.1, 0.15) is 6.42 Å². The molecule has 0 spiro atoms. The van der Waals surface area contributed by atoms with Crippen molar-refractivity contribution in [3.8, 4) is 5.75 Å². The van der Waals surface area contributed by atoms with Gasteiger partial charge in [-0.25, -0.2) is 8.42 Å². The second kappa shape index (κ2) is 5.23. The second-order valence-electron chi connectivity index (χ2n) is 4.33. The Kier molecular flexibility index (Phi) is 3.94. The number of aliphatic hydroxyl groups excluding tert-OH is 1. The minimum Gasteiger partial charge on any atom is -0.406 e. The van der Waals surface area contributed by atoms with Crippen LogP contribution in [0.4, 0.5) is 13.2 Å². The third kappa shape index (κ3) is 3.41. The lowest BCUT2D eigenvalue weighted by Crippen LogP contribution is -2.29. The highest BCUT2D eigenvalue weighted by Gasteiger charge is 2.34.